The number of esters is 1. The quantitative estimate of drug-likeness (QED) is 0.751. The summed E-state index contributed by atoms with van der Waals surface area (Å²) in [5.74, 6) is 0.0676. The van der Waals surface area contributed by atoms with E-state index < -0.39 is 12.0 Å². The highest BCUT2D eigenvalue weighted by molar-refractivity contribution is 8.00. The van der Waals surface area contributed by atoms with Crippen LogP contribution in [0.15, 0.2) is 18.2 Å². The molecule has 0 saturated carbocycles. The fraction of sp³-hybridized carbons (Fsp3) is 0.467. The van der Waals surface area contributed by atoms with Crippen molar-refractivity contribution in [2.45, 2.75) is 26.8 Å². The number of benzene rings is 1. The van der Waals surface area contributed by atoms with E-state index >= 15 is 0 Å². The van der Waals surface area contributed by atoms with Gasteiger partial charge in [0.15, 0.2) is 0 Å². The van der Waals surface area contributed by atoms with E-state index in [0.717, 1.165) is 11.3 Å². The van der Waals surface area contributed by atoms with Gasteiger partial charge in [0.2, 0.25) is 5.91 Å². The van der Waals surface area contributed by atoms with Crippen LogP contribution in [0.25, 0.3) is 0 Å². The molecule has 21 heavy (non-hydrogen) atoms. The number of hydrogen-bond donors (Lipinski definition) is 2. The highest BCUT2D eigenvalue weighted by Gasteiger charge is 2.15. The van der Waals surface area contributed by atoms with Crippen LogP contribution in [-0.2, 0) is 14.3 Å². The Hall–Kier alpha value is -1.53. The zero-order valence-electron chi connectivity index (χ0n) is 12.6. The standard InChI is InChI=1S/C15H22N2O3S/c1-4-20-15(19)13(16)8-21-9-14(18)17-12-6-5-10(2)11(3)7-12/h5-7,13H,4,8-9,16H2,1-3H3,(H,17,18). The van der Waals surface area contributed by atoms with Crippen LogP contribution < -0.4 is 11.1 Å². The zero-order valence-corrected chi connectivity index (χ0v) is 13.5. The number of carbonyl (C=O) groups excluding carboxylic acids is 2. The third kappa shape index (κ3) is 6.18. The highest BCUT2D eigenvalue weighted by atomic mass is 32.2. The lowest BCUT2D eigenvalue weighted by Gasteiger charge is -2.10. The van der Waals surface area contributed by atoms with Gasteiger partial charge in [-0.25, -0.2) is 0 Å². The van der Waals surface area contributed by atoms with Gasteiger partial charge in [0.25, 0.3) is 0 Å². The van der Waals surface area contributed by atoms with Crippen LogP contribution in [0.3, 0.4) is 0 Å². The average Bonchev–Trinajstić information content (AvgIpc) is 2.43. The Morgan fingerprint density at radius 2 is 2.05 bits per heavy atom. The molecule has 0 heterocycles. The van der Waals surface area contributed by atoms with Crippen LogP contribution in [-0.4, -0.2) is 36.0 Å². The normalized spacial score (nSPS) is 11.8. The Morgan fingerprint density at radius 3 is 2.67 bits per heavy atom. The minimum absolute atomic E-state index is 0.112. The molecule has 0 saturated heterocycles. The molecule has 1 unspecified atom stereocenters. The molecule has 0 aliphatic heterocycles. The van der Waals surface area contributed by atoms with Gasteiger partial charge in [-0.15, -0.1) is 11.8 Å². The zero-order chi connectivity index (χ0) is 15.8. The Morgan fingerprint density at radius 1 is 1.33 bits per heavy atom. The van der Waals surface area contributed by atoms with Crippen molar-refractivity contribution in [3.8, 4) is 0 Å². The molecule has 5 nitrogen and oxygen atoms in total. The summed E-state index contributed by atoms with van der Waals surface area (Å²) < 4.78 is 4.80. The number of nitrogens with one attached hydrogen (secondary N) is 1. The number of aryl methyl sites for hydroxylation is 2. The molecule has 1 aromatic rings. The molecule has 0 aromatic heterocycles. The second-order valence-electron chi connectivity index (χ2n) is 4.72. The summed E-state index contributed by atoms with van der Waals surface area (Å²) in [6, 6.07) is 5.08. The molecule has 0 aliphatic carbocycles. The van der Waals surface area contributed by atoms with Gasteiger partial charge in [0.05, 0.1) is 12.4 Å². The van der Waals surface area contributed by atoms with E-state index in [1.807, 2.05) is 32.0 Å². The number of amides is 1. The van der Waals surface area contributed by atoms with Gasteiger partial charge in [0.1, 0.15) is 6.04 Å². The van der Waals surface area contributed by atoms with Gasteiger partial charge in [-0.1, -0.05) is 6.07 Å². The maximum absolute atomic E-state index is 11.8. The monoisotopic (exact) mass is 310 g/mol. The Balaban J connectivity index is 2.34. The Kier molecular flexibility index (Phi) is 7.25. The molecule has 0 aliphatic rings. The van der Waals surface area contributed by atoms with E-state index in [9.17, 15) is 9.59 Å². The van der Waals surface area contributed by atoms with Crippen molar-refractivity contribution in [3.63, 3.8) is 0 Å². The fourth-order valence-corrected chi connectivity index (χ4v) is 2.38. The average molecular weight is 310 g/mol. The van der Waals surface area contributed by atoms with E-state index in [2.05, 4.69) is 5.32 Å². The second kappa shape index (κ2) is 8.69. The molecule has 116 valence electrons. The van der Waals surface area contributed by atoms with Crippen molar-refractivity contribution in [2.24, 2.45) is 5.73 Å². The number of thioether (sulfide) groups is 1. The number of rotatable bonds is 7. The van der Waals surface area contributed by atoms with E-state index in [1.54, 1.807) is 6.92 Å². The lowest BCUT2D eigenvalue weighted by Crippen LogP contribution is -2.35. The van der Waals surface area contributed by atoms with Crippen LogP contribution in [0.4, 0.5) is 5.69 Å². The first-order valence-corrected chi connectivity index (χ1v) is 7.96. The molecule has 1 atom stereocenters. The predicted molar refractivity (Wildman–Crippen MR) is 86.5 cm³/mol. The minimum Gasteiger partial charge on any atom is -0.465 e. The third-order valence-corrected chi connectivity index (χ3v) is 3.97. The smallest absolute Gasteiger partial charge is 0.323 e. The summed E-state index contributed by atoms with van der Waals surface area (Å²) in [5, 5.41) is 2.82. The maximum atomic E-state index is 11.8. The maximum Gasteiger partial charge on any atom is 0.323 e. The van der Waals surface area contributed by atoms with Crippen molar-refractivity contribution in [1.82, 2.24) is 0 Å². The first-order chi connectivity index (χ1) is 9.93. The van der Waals surface area contributed by atoms with Gasteiger partial charge >= 0.3 is 5.97 Å². The second-order valence-corrected chi connectivity index (χ2v) is 5.75. The largest absolute Gasteiger partial charge is 0.465 e. The fourth-order valence-electron chi connectivity index (χ4n) is 1.61. The van der Waals surface area contributed by atoms with E-state index in [1.165, 1.54) is 17.3 Å². The van der Waals surface area contributed by atoms with Gasteiger partial charge in [0, 0.05) is 11.4 Å². The van der Waals surface area contributed by atoms with Crippen molar-refractivity contribution in [1.29, 1.82) is 0 Å². The van der Waals surface area contributed by atoms with Gasteiger partial charge in [-0.2, -0.15) is 0 Å². The summed E-state index contributed by atoms with van der Waals surface area (Å²) in [4.78, 5) is 23.1. The van der Waals surface area contributed by atoms with E-state index in [-0.39, 0.29) is 11.7 Å². The number of carbonyl (C=O) groups is 2. The summed E-state index contributed by atoms with van der Waals surface area (Å²) in [6.45, 7) is 6.06. The number of hydrogen-bond acceptors (Lipinski definition) is 5. The topological polar surface area (TPSA) is 81.4 Å². The van der Waals surface area contributed by atoms with Crippen LogP contribution >= 0.6 is 11.8 Å². The van der Waals surface area contributed by atoms with Crippen molar-refractivity contribution < 1.29 is 14.3 Å². The first-order valence-electron chi connectivity index (χ1n) is 6.81. The number of nitrogens with two attached hydrogens (primary N) is 1. The predicted octanol–water partition coefficient (Wildman–Crippen LogP) is 1.87. The number of anilines is 1. The first kappa shape index (κ1) is 17.5. The highest BCUT2D eigenvalue weighted by Crippen LogP contribution is 2.14. The molecule has 1 rings (SSSR count). The summed E-state index contributed by atoms with van der Waals surface area (Å²) in [7, 11) is 0. The molecular formula is C15H22N2O3S. The Labute approximate surface area is 129 Å². The molecule has 0 fully saturated rings. The Bertz CT molecular complexity index is 506. The molecule has 6 heteroatoms. The third-order valence-electron chi connectivity index (χ3n) is 2.91. The molecule has 0 bridgehead atoms. The summed E-state index contributed by atoms with van der Waals surface area (Å²) in [5.41, 5.74) is 8.74. The minimum atomic E-state index is -0.690. The lowest BCUT2D eigenvalue weighted by atomic mass is 10.1. The van der Waals surface area contributed by atoms with Crippen LogP contribution in [0.1, 0.15) is 18.1 Å². The molecular weight excluding hydrogens is 288 g/mol. The van der Waals surface area contributed by atoms with Crippen LogP contribution in [0.5, 0.6) is 0 Å². The summed E-state index contributed by atoms with van der Waals surface area (Å²) in [6.07, 6.45) is 0. The van der Waals surface area contributed by atoms with Crippen molar-refractivity contribution in [3.05, 3.63) is 29.3 Å². The van der Waals surface area contributed by atoms with Crippen LogP contribution in [0, 0.1) is 13.8 Å². The van der Waals surface area contributed by atoms with E-state index in [4.69, 9.17) is 10.5 Å². The van der Waals surface area contributed by atoms with Crippen LogP contribution in [0.2, 0.25) is 0 Å². The van der Waals surface area contributed by atoms with Gasteiger partial charge in [-0.3, -0.25) is 9.59 Å². The molecule has 1 aromatic carbocycles. The van der Waals surface area contributed by atoms with Gasteiger partial charge in [-0.05, 0) is 44.0 Å². The molecule has 0 radical (unpaired) electrons. The lowest BCUT2D eigenvalue weighted by molar-refractivity contribution is -0.144. The molecule has 0 spiro atoms. The molecule has 1 amide bonds. The van der Waals surface area contributed by atoms with E-state index in [0.29, 0.717) is 12.4 Å². The SMILES string of the molecule is CCOC(=O)C(N)CSCC(=O)Nc1ccc(C)c(C)c1. The number of ether oxygens (including phenoxy) is 1. The van der Waals surface area contributed by atoms with Gasteiger partial charge < -0.3 is 15.8 Å². The van der Waals surface area contributed by atoms with Crippen molar-refractivity contribution in [2.75, 3.05) is 23.4 Å². The molecule has 3 N–H and O–H groups in total. The summed E-state index contributed by atoms with van der Waals surface area (Å²) >= 11 is 1.31. The van der Waals surface area contributed by atoms with Crippen molar-refractivity contribution >= 4 is 29.3 Å².